The molecular formula is C24H16Cl2N3NaO3. The molecule has 0 atom stereocenters. The number of H-pyrrole nitrogens is 1. The van der Waals surface area contributed by atoms with Crippen LogP contribution in [0.4, 0.5) is 17.1 Å². The summed E-state index contributed by atoms with van der Waals surface area (Å²) in [5.74, 6) is -1.85. The Morgan fingerprint density at radius 3 is 2.21 bits per heavy atom. The molecule has 0 aliphatic carbocycles. The Balaban J connectivity index is 0.00000306. The van der Waals surface area contributed by atoms with E-state index in [9.17, 15) is 14.7 Å². The van der Waals surface area contributed by atoms with Gasteiger partial charge in [-0.1, -0.05) is 41.4 Å². The number of amides is 1. The van der Waals surface area contributed by atoms with Crippen molar-refractivity contribution in [1.82, 2.24) is 4.98 Å². The number of carboxylic acid groups (broad SMARTS) is 1. The molecule has 0 aliphatic rings. The predicted molar refractivity (Wildman–Crippen MR) is 126 cm³/mol. The van der Waals surface area contributed by atoms with Crippen molar-refractivity contribution in [3.8, 4) is 0 Å². The van der Waals surface area contributed by atoms with Crippen molar-refractivity contribution in [2.45, 2.75) is 0 Å². The first-order chi connectivity index (χ1) is 15.4. The van der Waals surface area contributed by atoms with Crippen LogP contribution < -0.4 is 45.3 Å². The first kappa shape index (κ1) is 24.9. The van der Waals surface area contributed by atoms with Crippen molar-refractivity contribution >= 4 is 69.1 Å². The molecule has 4 rings (SSSR count). The molecule has 0 spiro atoms. The van der Waals surface area contributed by atoms with Gasteiger partial charge in [0.1, 0.15) is 0 Å². The molecular weight excluding hydrogens is 472 g/mol. The molecule has 0 fully saturated rings. The molecule has 1 amide bonds. The molecule has 6 nitrogen and oxygen atoms in total. The number of halogens is 2. The summed E-state index contributed by atoms with van der Waals surface area (Å²) in [4.78, 5) is 26.7. The maximum absolute atomic E-state index is 12.4. The predicted octanol–water partition coefficient (Wildman–Crippen LogP) is 2.24. The number of hydrogen-bond acceptors (Lipinski definition) is 4. The molecule has 1 heterocycles. The van der Waals surface area contributed by atoms with Crippen molar-refractivity contribution in [3.05, 3.63) is 94.1 Å². The largest absolute Gasteiger partial charge is 1.00 e. The van der Waals surface area contributed by atoms with Crippen LogP contribution in [-0.2, 0) is 4.79 Å². The Bertz CT molecular complexity index is 1340. The number of benzene rings is 3. The smallest absolute Gasteiger partial charge is 0.543 e. The number of aromatic nitrogens is 1. The zero-order chi connectivity index (χ0) is 22.7. The summed E-state index contributed by atoms with van der Waals surface area (Å²) in [6.07, 6.45) is 2.61. The molecule has 33 heavy (non-hydrogen) atoms. The monoisotopic (exact) mass is 487 g/mol. The average molecular weight is 488 g/mol. The fourth-order valence-corrected chi connectivity index (χ4v) is 3.86. The number of hydrogen-bond donors (Lipinski definition) is 3. The van der Waals surface area contributed by atoms with E-state index < -0.39 is 11.9 Å². The van der Waals surface area contributed by atoms with Crippen LogP contribution in [0.25, 0.3) is 17.0 Å². The van der Waals surface area contributed by atoms with Gasteiger partial charge in [0.25, 0.3) is 0 Å². The minimum atomic E-state index is -1.42. The Labute approximate surface area is 221 Å². The number of aromatic amines is 1. The number of anilines is 3. The van der Waals surface area contributed by atoms with Gasteiger partial charge in [0.2, 0.25) is 5.91 Å². The van der Waals surface area contributed by atoms with Crippen molar-refractivity contribution < 1.29 is 44.3 Å². The number of para-hydroxylation sites is 1. The van der Waals surface area contributed by atoms with Gasteiger partial charge in [-0.3, -0.25) is 4.79 Å². The SMILES string of the molecule is O=C(/C=C/c1c(C(=O)[O-])[nH]c2cc(Cl)cc(Cl)c12)Nc1ccc(Nc2ccccc2)cc1.[Na+]. The van der Waals surface area contributed by atoms with E-state index >= 15 is 0 Å². The maximum atomic E-state index is 12.4. The van der Waals surface area contributed by atoms with Gasteiger partial charge in [-0.05, 0) is 54.6 Å². The van der Waals surface area contributed by atoms with Gasteiger partial charge in [0.05, 0.1) is 16.7 Å². The molecule has 160 valence electrons. The third-order valence-electron chi connectivity index (χ3n) is 4.67. The molecule has 9 heteroatoms. The summed E-state index contributed by atoms with van der Waals surface area (Å²) in [5.41, 5.74) is 2.89. The summed E-state index contributed by atoms with van der Waals surface area (Å²) in [6, 6.07) is 20.0. The van der Waals surface area contributed by atoms with Gasteiger partial charge >= 0.3 is 29.6 Å². The zero-order valence-electron chi connectivity index (χ0n) is 17.5. The van der Waals surface area contributed by atoms with Gasteiger partial charge < -0.3 is 25.5 Å². The second-order valence-electron chi connectivity index (χ2n) is 6.90. The van der Waals surface area contributed by atoms with Crippen LogP contribution in [-0.4, -0.2) is 16.9 Å². The van der Waals surface area contributed by atoms with Crippen LogP contribution in [0.2, 0.25) is 10.0 Å². The number of aromatic carboxylic acids is 1. The minimum absolute atomic E-state index is 0. The molecule has 0 unspecified atom stereocenters. The molecule has 3 aromatic carbocycles. The molecule has 0 radical (unpaired) electrons. The van der Waals surface area contributed by atoms with Crippen LogP contribution in [0, 0.1) is 0 Å². The van der Waals surface area contributed by atoms with Crippen LogP contribution in [0.5, 0.6) is 0 Å². The zero-order valence-corrected chi connectivity index (χ0v) is 21.0. The van der Waals surface area contributed by atoms with Crippen LogP contribution >= 0.6 is 23.2 Å². The normalized spacial score (nSPS) is 10.7. The molecule has 4 aromatic rings. The fourth-order valence-electron chi connectivity index (χ4n) is 3.27. The summed E-state index contributed by atoms with van der Waals surface area (Å²) < 4.78 is 0. The van der Waals surface area contributed by atoms with Crippen molar-refractivity contribution in [2.24, 2.45) is 0 Å². The third-order valence-corrected chi connectivity index (χ3v) is 5.19. The summed E-state index contributed by atoms with van der Waals surface area (Å²) in [7, 11) is 0. The van der Waals surface area contributed by atoms with Gasteiger partial charge in [-0.25, -0.2) is 0 Å². The number of carbonyl (C=O) groups is 2. The molecule has 0 saturated heterocycles. The van der Waals surface area contributed by atoms with Crippen molar-refractivity contribution in [3.63, 3.8) is 0 Å². The first-order valence-electron chi connectivity index (χ1n) is 9.54. The number of fused-ring (bicyclic) bond motifs is 1. The Kier molecular flexibility index (Phi) is 8.24. The van der Waals surface area contributed by atoms with Crippen molar-refractivity contribution in [1.29, 1.82) is 0 Å². The van der Waals surface area contributed by atoms with E-state index in [1.165, 1.54) is 18.2 Å². The first-order valence-corrected chi connectivity index (χ1v) is 10.3. The van der Waals surface area contributed by atoms with Gasteiger partial charge in [-0.15, -0.1) is 0 Å². The summed E-state index contributed by atoms with van der Waals surface area (Å²) in [5, 5.41) is 18.6. The molecule has 3 N–H and O–H groups in total. The molecule has 1 aromatic heterocycles. The molecule has 0 bridgehead atoms. The Hall–Kier alpha value is -2.74. The van der Waals surface area contributed by atoms with Crippen LogP contribution in [0.1, 0.15) is 16.1 Å². The minimum Gasteiger partial charge on any atom is -0.543 e. The number of nitrogens with one attached hydrogen (secondary N) is 3. The third kappa shape index (κ3) is 5.99. The molecule has 0 aliphatic heterocycles. The number of carbonyl (C=O) groups excluding carboxylic acids is 2. The maximum Gasteiger partial charge on any atom is 1.00 e. The van der Waals surface area contributed by atoms with E-state index in [-0.39, 0.29) is 45.8 Å². The van der Waals surface area contributed by atoms with E-state index in [0.717, 1.165) is 11.4 Å². The standard InChI is InChI=1S/C24H17Cl2N3O3.Na/c25-14-12-19(26)22-18(23(24(31)32)29-20(22)13-14)10-11-21(30)28-17-8-6-16(7-9-17)27-15-4-2-1-3-5-15;/h1-13,27,29H,(H,28,30)(H,31,32);/q;+1/p-1/b11-10+;. The number of rotatable bonds is 6. The van der Waals surface area contributed by atoms with Crippen molar-refractivity contribution in [2.75, 3.05) is 10.6 Å². The van der Waals surface area contributed by atoms with Gasteiger partial charge in [0, 0.05) is 44.6 Å². The van der Waals surface area contributed by atoms with E-state index in [1.54, 1.807) is 18.2 Å². The topological polar surface area (TPSA) is 97.1 Å². The summed E-state index contributed by atoms with van der Waals surface area (Å²) in [6.45, 7) is 0. The van der Waals surface area contributed by atoms with Gasteiger partial charge in [0.15, 0.2) is 0 Å². The van der Waals surface area contributed by atoms with E-state index in [2.05, 4.69) is 15.6 Å². The van der Waals surface area contributed by atoms with E-state index in [4.69, 9.17) is 23.2 Å². The second kappa shape index (κ2) is 10.9. The van der Waals surface area contributed by atoms with Gasteiger partial charge in [-0.2, -0.15) is 0 Å². The Morgan fingerprint density at radius 2 is 1.55 bits per heavy atom. The Morgan fingerprint density at radius 1 is 0.909 bits per heavy atom. The van der Waals surface area contributed by atoms with Crippen LogP contribution in [0.3, 0.4) is 0 Å². The quantitative estimate of drug-likeness (QED) is 0.287. The van der Waals surface area contributed by atoms with Crippen LogP contribution in [0.15, 0.2) is 72.8 Å². The average Bonchev–Trinajstić information content (AvgIpc) is 3.13. The fraction of sp³-hybridized carbons (Fsp3) is 0. The van der Waals surface area contributed by atoms with E-state index in [0.29, 0.717) is 21.6 Å². The second-order valence-corrected chi connectivity index (χ2v) is 7.75. The van der Waals surface area contributed by atoms with E-state index in [1.807, 2.05) is 42.5 Å². The summed E-state index contributed by atoms with van der Waals surface area (Å²) >= 11 is 12.2. The number of carboxylic acids is 1. The molecule has 0 saturated carbocycles.